The minimum Gasteiger partial charge on any atom is -0.341 e. The van der Waals surface area contributed by atoms with Gasteiger partial charge in [-0.2, -0.15) is 16.8 Å². The summed E-state index contributed by atoms with van der Waals surface area (Å²) in [5.41, 5.74) is -0.475. The molecule has 0 radical (unpaired) electrons. The summed E-state index contributed by atoms with van der Waals surface area (Å²) < 4.78 is 51.5. The Morgan fingerprint density at radius 2 is 1.20 bits per heavy atom. The maximum atomic E-state index is 11.4. The van der Waals surface area contributed by atoms with E-state index in [0.29, 0.717) is 12.5 Å². The molecule has 10 heteroatoms. The largest absolute Gasteiger partial charge is 0.353 e. The van der Waals surface area contributed by atoms with E-state index in [1.807, 2.05) is 0 Å². The molecule has 1 aromatic rings. The lowest BCUT2D eigenvalue weighted by atomic mass is 10.1. The molecule has 1 rings (SSSR count). The van der Waals surface area contributed by atoms with E-state index in [2.05, 4.69) is 8.37 Å². The molecule has 0 aromatic heterocycles. The predicted octanol–water partition coefficient (Wildman–Crippen LogP) is -0.0806. The highest BCUT2D eigenvalue weighted by Crippen LogP contribution is 2.10. The van der Waals surface area contributed by atoms with Gasteiger partial charge in [-0.25, -0.2) is 9.59 Å². The van der Waals surface area contributed by atoms with Crippen molar-refractivity contribution in [3.05, 3.63) is 35.4 Å². The second-order valence-electron chi connectivity index (χ2n) is 3.73. The van der Waals surface area contributed by atoms with E-state index in [0.717, 1.165) is 6.07 Å². The van der Waals surface area contributed by atoms with Gasteiger partial charge in [0.1, 0.15) is 0 Å². The highest BCUT2D eigenvalue weighted by molar-refractivity contribution is 7.86. The smallest absolute Gasteiger partial charge is 0.341 e. The van der Waals surface area contributed by atoms with E-state index < -0.39 is 32.2 Å². The first-order valence-electron chi connectivity index (χ1n) is 4.95. The van der Waals surface area contributed by atoms with Crippen LogP contribution in [0.1, 0.15) is 20.7 Å². The molecule has 0 atom stereocenters. The third-order valence-electron chi connectivity index (χ3n) is 1.79. The first-order valence-corrected chi connectivity index (χ1v) is 8.59. The fourth-order valence-corrected chi connectivity index (χ4v) is 1.89. The highest BCUT2D eigenvalue weighted by atomic mass is 32.2. The molecule has 110 valence electrons. The molecule has 8 nitrogen and oxygen atoms in total. The Kier molecular flexibility index (Phi) is 4.50. The van der Waals surface area contributed by atoms with Crippen LogP contribution in [-0.2, 0) is 28.6 Å². The SMILES string of the molecule is CS(=O)(=O)OC(=O)c1cccc(C(=O)OS(C)(=O)=O)c1. The number of carbonyl (C=O) groups is 2. The minimum absolute atomic E-state index is 0.238. The van der Waals surface area contributed by atoms with Crippen molar-refractivity contribution in [2.45, 2.75) is 0 Å². The van der Waals surface area contributed by atoms with Gasteiger partial charge in [-0.3, -0.25) is 0 Å². The minimum atomic E-state index is -4.00. The van der Waals surface area contributed by atoms with Crippen molar-refractivity contribution >= 4 is 32.2 Å². The van der Waals surface area contributed by atoms with Crippen LogP contribution in [0.3, 0.4) is 0 Å². The third kappa shape index (κ3) is 5.36. The number of benzene rings is 1. The van der Waals surface area contributed by atoms with E-state index in [-0.39, 0.29) is 11.1 Å². The number of rotatable bonds is 4. The molecule has 0 spiro atoms. The van der Waals surface area contributed by atoms with Gasteiger partial charge < -0.3 is 8.37 Å². The summed E-state index contributed by atoms with van der Waals surface area (Å²) in [7, 11) is -7.99. The molecule has 0 saturated heterocycles. The van der Waals surface area contributed by atoms with Gasteiger partial charge in [0, 0.05) is 0 Å². The van der Waals surface area contributed by atoms with Crippen molar-refractivity contribution in [3.63, 3.8) is 0 Å². The van der Waals surface area contributed by atoms with Crippen molar-refractivity contribution in [2.75, 3.05) is 12.5 Å². The summed E-state index contributed by atoms with van der Waals surface area (Å²) in [6.07, 6.45) is 1.37. The summed E-state index contributed by atoms with van der Waals surface area (Å²) in [6, 6.07) is 4.61. The van der Waals surface area contributed by atoms with Crippen LogP contribution in [0.5, 0.6) is 0 Å². The van der Waals surface area contributed by atoms with Crippen LogP contribution >= 0.6 is 0 Å². The zero-order chi connectivity index (χ0) is 15.6. The molecule has 0 fully saturated rings. The summed E-state index contributed by atoms with van der Waals surface area (Å²) in [5.74, 6) is -2.39. The number of hydrogen-bond donors (Lipinski definition) is 0. The maximum absolute atomic E-state index is 11.4. The third-order valence-corrected chi connectivity index (χ3v) is 2.70. The van der Waals surface area contributed by atoms with E-state index in [1.165, 1.54) is 18.2 Å². The van der Waals surface area contributed by atoms with Crippen molar-refractivity contribution < 1.29 is 34.8 Å². The lowest BCUT2D eigenvalue weighted by molar-refractivity contribution is 0.0746. The van der Waals surface area contributed by atoms with Crippen LogP contribution in [0, 0.1) is 0 Å². The molecule has 0 aliphatic carbocycles. The Bertz CT molecular complexity index is 684. The van der Waals surface area contributed by atoms with E-state index in [4.69, 9.17) is 0 Å². The van der Waals surface area contributed by atoms with Crippen molar-refractivity contribution in [1.82, 2.24) is 0 Å². The quantitative estimate of drug-likeness (QED) is 0.706. The van der Waals surface area contributed by atoms with Crippen LogP contribution in [-0.4, -0.2) is 41.3 Å². The van der Waals surface area contributed by atoms with Crippen LogP contribution in [0.2, 0.25) is 0 Å². The first kappa shape index (κ1) is 16.1. The van der Waals surface area contributed by atoms with Crippen LogP contribution in [0.15, 0.2) is 24.3 Å². The van der Waals surface area contributed by atoms with Crippen molar-refractivity contribution in [3.8, 4) is 0 Å². The molecule has 0 unspecified atom stereocenters. The van der Waals surface area contributed by atoms with Crippen LogP contribution in [0.4, 0.5) is 0 Å². The molecule has 20 heavy (non-hydrogen) atoms. The summed E-state index contributed by atoms with van der Waals surface area (Å²) >= 11 is 0. The fourth-order valence-electron chi connectivity index (χ4n) is 1.14. The van der Waals surface area contributed by atoms with Crippen molar-refractivity contribution in [2.24, 2.45) is 0 Å². The molecular weight excluding hydrogens is 312 g/mol. The second kappa shape index (κ2) is 5.59. The van der Waals surface area contributed by atoms with Crippen LogP contribution in [0.25, 0.3) is 0 Å². The van der Waals surface area contributed by atoms with E-state index in [9.17, 15) is 26.4 Å². The number of carbonyl (C=O) groups excluding carboxylic acids is 2. The van der Waals surface area contributed by atoms with Gasteiger partial charge in [-0.1, -0.05) is 6.07 Å². The average Bonchev–Trinajstić information content (AvgIpc) is 2.24. The highest BCUT2D eigenvalue weighted by Gasteiger charge is 2.18. The summed E-state index contributed by atoms with van der Waals surface area (Å²) in [4.78, 5) is 22.9. The molecule has 0 aliphatic rings. The average molecular weight is 322 g/mol. The molecule has 0 N–H and O–H groups in total. The van der Waals surface area contributed by atoms with Crippen molar-refractivity contribution in [1.29, 1.82) is 0 Å². The monoisotopic (exact) mass is 322 g/mol. The van der Waals surface area contributed by atoms with Gasteiger partial charge in [-0.05, 0) is 18.2 Å². The molecule has 0 aliphatic heterocycles. The molecule has 0 saturated carbocycles. The maximum Gasteiger partial charge on any atom is 0.353 e. The van der Waals surface area contributed by atoms with Gasteiger partial charge in [0.05, 0.1) is 23.6 Å². The van der Waals surface area contributed by atoms with Gasteiger partial charge >= 0.3 is 32.2 Å². The lowest BCUT2D eigenvalue weighted by Gasteiger charge is -2.04. The summed E-state index contributed by atoms with van der Waals surface area (Å²) in [5, 5.41) is 0. The molecule has 0 heterocycles. The molecule has 1 aromatic carbocycles. The molecule has 0 amide bonds. The standard InChI is InChI=1S/C10H10O8S2/c1-19(13,14)17-9(11)7-4-3-5-8(6-7)10(12)18-20(2,15)16/h3-6H,1-2H3. The Hall–Kier alpha value is -1.94. The van der Waals surface area contributed by atoms with Gasteiger partial charge in [0.25, 0.3) is 0 Å². The normalized spacial score (nSPS) is 11.7. The molecule has 0 bridgehead atoms. The molecular formula is C10H10O8S2. The van der Waals surface area contributed by atoms with E-state index in [1.54, 1.807) is 0 Å². The van der Waals surface area contributed by atoms with Gasteiger partial charge in [0.15, 0.2) is 0 Å². The zero-order valence-electron chi connectivity index (χ0n) is 10.4. The Balaban J connectivity index is 3.02. The van der Waals surface area contributed by atoms with Gasteiger partial charge in [0.2, 0.25) is 0 Å². The Morgan fingerprint density at radius 3 is 1.50 bits per heavy atom. The predicted molar refractivity (Wildman–Crippen MR) is 67.0 cm³/mol. The lowest BCUT2D eigenvalue weighted by Crippen LogP contribution is -2.14. The second-order valence-corrected chi connectivity index (χ2v) is 6.88. The summed E-state index contributed by atoms with van der Waals surface area (Å²) in [6.45, 7) is 0. The Morgan fingerprint density at radius 1 is 0.850 bits per heavy atom. The fraction of sp³-hybridized carbons (Fsp3) is 0.200. The number of hydrogen-bond acceptors (Lipinski definition) is 8. The van der Waals surface area contributed by atoms with Gasteiger partial charge in [-0.15, -0.1) is 0 Å². The topological polar surface area (TPSA) is 121 Å². The van der Waals surface area contributed by atoms with Crippen LogP contribution < -0.4 is 0 Å². The zero-order valence-corrected chi connectivity index (χ0v) is 12.0. The van der Waals surface area contributed by atoms with E-state index >= 15 is 0 Å². The Labute approximate surface area is 115 Å². The first-order chi connectivity index (χ1) is 8.98.